The van der Waals surface area contributed by atoms with Crippen molar-refractivity contribution in [1.29, 1.82) is 0 Å². The van der Waals surface area contributed by atoms with Gasteiger partial charge in [-0.1, -0.05) is 45.1 Å². The lowest BCUT2D eigenvalue weighted by atomic mass is 10.1. The van der Waals surface area contributed by atoms with Crippen LogP contribution in [-0.2, 0) is 6.42 Å². The van der Waals surface area contributed by atoms with Crippen LogP contribution >= 0.6 is 0 Å². The molecule has 2 aromatic heterocycles. The van der Waals surface area contributed by atoms with Gasteiger partial charge in [0.05, 0.1) is 5.39 Å². The highest BCUT2D eigenvalue weighted by atomic mass is 16.1. The van der Waals surface area contributed by atoms with Crippen molar-refractivity contribution in [3.8, 4) is 0 Å². The van der Waals surface area contributed by atoms with E-state index in [4.69, 9.17) is 9.97 Å². The van der Waals surface area contributed by atoms with Gasteiger partial charge in [-0.15, -0.1) is 0 Å². The van der Waals surface area contributed by atoms with Crippen LogP contribution in [0.3, 0.4) is 0 Å². The Bertz CT molecular complexity index is 1170. The largest absolute Gasteiger partial charge is 0.369 e. The topological polar surface area (TPSA) is 85.9 Å². The normalized spacial score (nSPS) is 14.2. The number of amides is 1. The SMILES string of the molecule is C=C(/C=C\C)Cc1nc(NCCCN2CCCCC2)c2c(n1)[nH]c1cc(C(=O)NC)ccc12.CC. The number of piperidine rings is 1. The summed E-state index contributed by atoms with van der Waals surface area (Å²) in [7, 11) is 1.64. The van der Waals surface area contributed by atoms with Crippen molar-refractivity contribution in [1.82, 2.24) is 25.2 Å². The van der Waals surface area contributed by atoms with Crippen LogP contribution in [0.4, 0.5) is 5.82 Å². The number of hydrogen-bond acceptors (Lipinski definition) is 5. The number of anilines is 1. The number of nitrogens with zero attached hydrogens (tertiary/aromatic N) is 3. The van der Waals surface area contributed by atoms with E-state index >= 15 is 0 Å². The molecule has 1 saturated heterocycles. The molecule has 0 unspecified atom stereocenters. The number of hydrogen-bond donors (Lipinski definition) is 3. The maximum absolute atomic E-state index is 12.1. The summed E-state index contributed by atoms with van der Waals surface area (Å²) in [6.45, 7) is 14.5. The van der Waals surface area contributed by atoms with Crippen LogP contribution < -0.4 is 10.6 Å². The molecule has 0 radical (unpaired) electrons. The number of benzene rings is 1. The van der Waals surface area contributed by atoms with Crippen molar-refractivity contribution >= 4 is 33.7 Å². The number of aromatic nitrogens is 3. The van der Waals surface area contributed by atoms with E-state index in [2.05, 4.69) is 27.1 Å². The molecule has 7 heteroatoms. The number of H-pyrrole nitrogens is 1. The average molecular weight is 477 g/mol. The minimum Gasteiger partial charge on any atom is -0.369 e. The van der Waals surface area contributed by atoms with E-state index in [1.165, 1.54) is 32.4 Å². The molecule has 0 aliphatic carbocycles. The van der Waals surface area contributed by atoms with E-state index in [9.17, 15) is 4.79 Å². The zero-order valence-electron chi connectivity index (χ0n) is 21.7. The third-order valence-electron chi connectivity index (χ3n) is 6.17. The molecule has 1 fully saturated rings. The average Bonchev–Trinajstić information content (AvgIpc) is 3.25. The van der Waals surface area contributed by atoms with Crippen molar-refractivity contribution < 1.29 is 4.79 Å². The zero-order valence-corrected chi connectivity index (χ0v) is 21.7. The molecule has 188 valence electrons. The van der Waals surface area contributed by atoms with E-state index < -0.39 is 0 Å². The molecule has 4 rings (SSSR count). The third kappa shape index (κ3) is 6.69. The molecule has 0 spiro atoms. The first-order valence-corrected chi connectivity index (χ1v) is 12.9. The fourth-order valence-corrected chi connectivity index (χ4v) is 4.53. The Balaban J connectivity index is 0.00000167. The lowest BCUT2D eigenvalue weighted by molar-refractivity contribution is 0.0963. The monoisotopic (exact) mass is 476 g/mol. The first-order chi connectivity index (χ1) is 17.1. The lowest BCUT2D eigenvalue weighted by Gasteiger charge is -2.26. The molecule has 0 atom stereocenters. The predicted molar refractivity (Wildman–Crippen MR) is 147 cm³/mol. The Morgan fingerprint density at radius 1 is 1.20 bits per heavy atom. The van der Waals surface area contributed by atoms with Gasteiger partial charge in [-0.05, 0) is 63.5 Å². The molecule has 0 bridgehead atoms. The molecular weight excluding hydrogens is 436 g/mol. The second-order valence-electron chi connectivity index (χ2n) is 8.69. The van der Waals surface area contributed by atoms with E-state index in [0.29, 0.717) is 12.0 Å². The molecule has 35 heavy (non-hydrogen) atoms. The van der Waals surface area contributed by atoms with Crippen LogP contribution in [0.15, 0.2) is 42.5 Å². The summed E-state index contributed by atoms with van der Waals surface area (Å²) in [6, 6.07) is 5.68. The van der Waals surface area contributed by atoms with E-state index in [1.54, 1.807) is 7.05 Å². The molecule has 0 saturated carbocycles. The Labute approximate surface area is 209 Å². The summed E-state index contributed by atoms with van der Waals surface area (Å²) in [6.07, 6.45) is 9.59. The van der Waals surface area contributed by atoms with Crippen LogP contribution in [0.5, 0.6) is 0 Å². The first-order valence-electron chi connectivity index (χ1n) is 12.9. The van der Waals surface area contributed by atoms with Gasteiger partial charge in [-0.2, -0.15) is 0 Å². The standard InChI is InChI=1S/C26H34N6O.C2H6/c1-4-9-18(2)16-22-30-24(28-12-8-15-32-13-6-5-7-14-32)23-20-11-10-19(26(33)27-3)17-21(20)29-25(23)31-22;1-2/h4,9-11,17H,2,5-8,12-16H2,1,3H3,(H,27,33)(H2,28,29,30,31);1-2H3/b9-4-;. The molecule has 1 aromatic carbocycles. The number of nitrogens with one attached hydrogen (secondary N) is 3. The fourth-order valence-electron chi connectivity index (χ4n) is 4.53. The predicted octanol–water partition coefficient (Wildman–Crippen LogP) is 5.46. The number of rotatable bonds is 9. The van der Waals surface area contributed by atoms with Gasteiger partial charge in [0.2, 0.25) is 0 Å². The van der Waals surface area contributed by atoms with Crippen LogP contribution in [0, 0.1) is 0 Å². The summed E-state index contributed by atoms with van der Waals surface area (Å²) in [5.74, 6) is 1.45. The van der Waals surface area contributed by atoms with Crippen molar-refractivity contribution in [2.75, 3.05) is 38.5 Å². The van der Waals surface area contributed by atoms with Crippen molar-refractivity contribution in [3.05, 3.63) is 53.9 Å². The summed E-state index contributed by atoms with van der Waals surface area (Å²) < 4.78 is 0. The minimum atomic E-state index is -0.110. The summed E-state index contributed by atoms with van der Waals surface area (Å²) in [5.41, 5.74) is 3.23. The number of carbonyl (C=O) groups is 1. The Morgan fingerprint density at radius 2 is 1.97 bits per heavy atom. The molecule has 1 amide bonds. The second-order valence-corrected chi connectivity index (χ2v) is 8.69. The van der Waals surface area contributed by atoms with Gasteiger partial charge in [0, 0.05) is 36.5 Å². The summed E-state index contributed by atoms with van der Waals surface area (Å²) >= 11 is 0. The number of fused-ring (bicyclic) bond motifs is 3. The quantitative estimate of drug-likeness (QED) is 0.282. The number of allylic oxidation sites excluding steroid dienone is 3. The Morgan fingerprint density at radius 3 is 2.69 bits per heavy atom. The number of carbonyl (C=O) groups excluding carboxylic acids is 1. The highest BCUT2D eigenvalue weighted by Gasteiger charge is 2.16. The van der Waals surface area contributed by atoms with Crippen LogP contribution in [0.2, 0.25) is 0 Å². The Hall–Kier alpha value is -3.19. The third-order valence-corrected chi connectivity index (χ3v) is 6.17. The molecular formula is C28H40N6O. The smallest absolute Gasteiger partial charge is 0.251 e. The first kappa shape index (κ1) is 26.4. The second kappa shape index (κ2) is 13.0. The van der Waals surface area contributed by atoms with Gasteiger partial charge in [-0.25, -0.2) is 9.97 Å². The summed E-state index contributed by atoms with van der Waals surface area (Å²) in [5, 5.41) is 8.23. The van der Waals surface area contributed by atoms with Crippen molar-refractivity contribution in [2.45, 2.75) is 52.9 Å². The van der Waals surface area contributed by atoms with Gasteiger partial charge in [0.25, 0.3) is 5.91 Å². The van der Waals surface area contributed by atoms with Crippen LogP contribution in [-0.4, -0.2) is 59.0 Å². The molecule has 1 aliphatic heterocycles. The van der Waals surface area contributed by atoms with Crippen molar-refractivity contribution in [2.24, 2.45) is 0 Å². The van der Waals surface area contributed by atoms with Crippen LogP contribution in [0.1, 0.15) is 62.6 Å². The molecule has 7 nitrogen and oxygen atoms in total. The minimum absolute atomic E-state index is 0.110. The van der Waals surface area contributed by atoms with Gasteiger partial charge >= 0.3 is 0 Å². The summed E-state index contributed by atoms with van der Waals surface area (Å²) in [4.78, 5) is 27.7. The fraction of sp³-hybridized carbons (Fsp3) is 0.464. The molecule has 1 aliphatic rings. The highest BCUT2D eigenvalue weighted by molar-refractivity contribution is 6.12. The van der Waals surface area contributed by atoms with Gasteiger partial charge in [0.1, 0.15) is 17.3 Å². The maximum Gasteiger partial charge on any atom is 0.251 e. The van der Waals surface area contributed by atoms with E-state index in [1.807, 2.05) is 51.1 Å². The Kier molecular flexibility index (Phi) is 9.85. The lowest BCUT2D eigenvalue weighted by Crippen LogP contribution is -2.31. The maximum atomic E-state index is 12.1. The van der Waals surface area contributed by atoms with Gasteiger partial charge < -0.3 is 20.5 Å². The van der Waals surface area contributed by atoms with E-state index in [-0.39, 0.29) is 5.91 Å². The molecule has 3 heterocycles. The van der Waals surface area contributed by atoms with E-state index in [0.717, 1.165) is 58.7 Å². The highest BCUT2D eigenvalue weighted by Crippen LogP contribution is 2.30. The van der Waals surface area contributed by atoms with Crippen LogP contribution in [0.25, 0.3) is 21.9 Å². The molecule has 3 N–H and O–H groups in total. The number of aromatic amines is 1. The molecule has 3 aromatic rings. The number of likely N-dealkylation sites (tertiary alicyclic amines) is 1. The zero-order chi connectivity index (χ0) is 25.2. The van der Waals surface area contributed by atoms with Crippen molar-refractivity contribution in [3.63, 3.8) is 0 Å². The van der Waals surface area contributed by atoms with Gasteiger partial charge in [-0.3, -0.25) is 4.79 Å². The van der Waals surface area contributed by atoms with Gasteiger partial charge in [0.15, 0.2) is 0 Å².